The minimum Gasteiger partial charge on any atom is -0.319 e. The molecule has 17 heavy (non-hydrogen) atoms. The van der Waals surface area contributed by atoms with Crippen LogP contribution in [0.3, 0.4) is 0 Å². The maximum atomic E-state index is 6.21. The smallest absolute Gasteiger partial charge is 0.0837 e. The number of nitrogens with two attached hydrogens (primary N) is 1. The lowest BCUT2D eigenvalue weighted by molar-refractivity contribution is 0.673. The molecular formula is C13H16ClN3. The lowest BCUT2D eigenvalue weighted by atomic mass is 10.0. The Balaban J connectivity index is 2.33. The Kier molecular flexibility index (Phi) is 3.50. The highest BCUT2D eigenvalue weighted by Gasteiger charge is 2.16. The monoisotopic (exact) mass is 249 g/mol. The van der Waals surface area contributed by atoms with E-state index in [1.54, 1.807) is 10.9 Å². The van der Waals surface area contributed by atoms with Gasteiger partial charge in [0.2, 0.25) is 0 Å². The van der Waals surface area contributed by atoms with E-state index in [0.29, 0.717) is 5.02 Å². The predicted molar refractivity (Wildman–Crippen MR) is 70.1 cm³/mol. The summed E-state index contributed by atoms with van der Waals surface area (Å²) in [4.78, 5) is 0. The summed E-state index contributed by atoms with van der Waals surface area (Å²) in [6, 6.07) is 8.05. The van der Waals surface area contributed by atoms with Gasteiger partial charge in [0.15, 0.2) is 0 Å². The van der Waals surface area contributed by atoms with Gasteiger partial charge in [0.25, 0.3) is 0 Å². The summed E-state index contributed by atoms with van der Waals surface area (Å²) in [6.45, 7) is 2.13. The first-order chi connectivity index (χ1) is 8.13. The SMILES string of the molecule is CCc1ccc(C(N)c2c(Cl)cnn2C)cc1. The van der Waals surface area contributed by atoms with Gasteiger partial charge in [-0.1, -0.05) is 42.8 Å². The highest BCUT2D eigenvalue weighted by molar-refractivity contribution is 6.31. The van der Waals surface area contributed by atoms with Gasteiger partial charge in [-0.05, 0) is 17.5 Å². The summed E-state index contributed by atoms with van der Waals surface area (Å²) < 4.78 is 1.72. The Morgan fingerprint density at radius 2 is 2.00 bits per heavy atom. The molecule has 0 radical (unpaired) electrons. The van der Waals surface area contributed by atoms with Crippen LogP contribution >= 0.6 is 11.6 Å². The first-order valence-corrected chi connectivity index (χ1v) is 6.03. The molecule has 1 unspecified atom stereocenters. The molecule has 2 rings (SSSR count). The van der Waals surface area contributed by atoms with Crippen molar-refractivity contribution >= 4 is 11.6 Å². The predicted octanol–water partition coefficient (Wildman–Crippen LogP) is 2.68. The van der Waals surface area contributed by atoms with Crippen LogP contribution in [0.25, 0.3) is 0 Å². The maximum Gasteiger partial charge on any atom is 0.0837 e. The van der Waals surface area contributed by atoms with Crippen molar-refractivity contribution in [2.45, 2.75) is 19.4 Å². The van der Waals surface area contributed by atoms with Gasteiger partial charge in [0.1, 0.15) is 0 Å². The van der Waals surface area contributed by atoms with Crippen molar-refractivity contribution in [3.8, 4) is 0 Å². The number of aryl methyl sites for hydroxylation is 2. The topological polar surface area (TPSA) is 43.8 Å². The van der Waals surface area contributed by atoms with Gasteiger partial charge >= 0.3 is 0 Å². The highest BCUT2D eigenvalue weighted by atomic mass is 35.5. The molecule has 1 heterocycles. The molecule has 0 aliphatic heterocycles. The fourth-order valence-corrected chi connectivity index (χ4v) is 2.17. The molecule has 0 bridgehead atoms. The van der Waals surface area contributed by atoms with Gasteiger partial charge in [0.05, 0.1) is 23.0 Å². The number of aromatic nitrogens is 2. The van der Waals surface area contributed by atoms with Crippen molar-refractivity contribution in [1.29, 1.82) is 0 Å². The Morgan fingerprint density at radius 1 is 1.35 bits per heavy atom. The zero-order valence-electron chi connectivity index (χ0n) is 10.0. The van der Waals surface area contributed by atoms with Crippen LogP contribution in [-0.2, 0) is 13.5 Å². The fourth-order valence-electron chi connectivity index (χ4n) is 1.89. The van der Waals surface area contributed by atoms with Gasteiger partial charge in [0, 0.05) is 7.05 Å². The fraction of sp³-hybridized carbons (Fsp3) is 0.308. The number of hydrogen-bond acceptors (Lipinski definition) is 2. The Hall–Kier alpha value is -1.32. The third kappa shape index (κ3) is 2.35. The molecule has 1 atom stereocenters. The van der Waals surface area contributed by atoms with Crippen LogP contribution in [0.5, 0.6) is 0 Å². The second-order valence-corrected chi connectivity index (χ2v) is 4.48. The zero-order valence-corrected chi connectivity index (χ0v) is 10.8. The number of nitrogens with zero attached hydrogens (tertiary/aromatic N) is 2. The summed E-state index contributed by atoms with van der Waals surface area (Å²) in [5.74, 6) is 0. The Morgan fingerprint density at radius 3 is 2.47 bits per heavy atom. The van der Waals surface area contributed by atoms with Crippen molar-refractivity contribution in [3.05, 3.63) is 52.3 Å². The zero-order chi connectivity index (χ0) is 12.4. The molecule has 1 aromatic carbocycles. The Labute approximate surface area is 106 Å². The lowest BCUT2D eigenvalue weighted by Crippen LogP contribution is -2.16. The summed E-state index contributed by atoms with van der Waals surface area (Å²) in [5, 5.41) is 4.71. The van der Waals surface area contributed by atoms with E-state index < -0.39 is 0 Å². The van der Waals surface area contributed by atoms with Crippen LogP contribution in [0.15, 0.2) is 30.5 Å². The minimum absolute atomic E-state index is 0.235. The molecule has 3 nitrogen and oxygen atoms in total. The maximum absolute atomic E-state index is 6.21. The van der Waals surface area contributed by atoms with Crippen LogP contribution in [-0.4, -0.2) is 9.78 Å². The van der Waals surface area contributed by atoms with Crippen molar-refractivity contribution in [2.24, 2.45) is 12.8 Å². The van der Waals surface area contributed by atoms with E-state index in [4.69, 9.17) is 17.3 Å². The average Bonchev–Trinajstić information content (AvgIpc) is 2.68. The number of halogens is 1. The summed E-state index contributed by atoms with van der Waals surface area (Å²) >= 11 is 6.09. The van der Waals surface area contributed by atoms with E-state index in [9.17, 15) is 0 Å². The second-order valence-electron chi connectivity index (χ2n) is 4.07. The number of hydrogen-bond donors (Lipinski definition) is 1. The van der Waals surface area contributed by atoms with E-state index in [0.717, 1.165) is 17.7 Å². The van der Waals surface area contributed by atoms with Crippen LogP contribution in [0.2, 0.25) is 5.02 Å². The molecular weight excluding hydrogens is 234 g/mol. The molecule has 90 valence electrons. The van der Waals surface area contributed by atoms with E-state index in [1.165, 1.54) is 5.56 Å². The van der Waals surface area contributed by atoms with Gasteiger partial charge in [-0.2, -0.15) is 5.10 Å². The van der Waals surface area contributed by atoms with Gasteiger partial charge in [-0.15, -0.1) is 0 Å². The summed E-state index contributed by atoms with van der Waals surface area (Å²) in [6.07, 6.45) is 2.65. The number of rotatable bonds is 3. The molecule has 1 aromatic heterocycles. The Bertz CT molecular complexity index is 482. The van der Waals surface area contributed by atoms with Crippen LogP contribution in [0, 0.1) is 0 Å². The first kappa shape index (κ1) is 12.1. The number of benzene rings is 1. The van der Waals surface area contributed by atoms with E-state index in [-0.39, 0.29) is 6.04 Å². The van der Waals surface area contributed by atoms with Gasteiger partial charge < -0.3 is 5.73 Å². The van der Waals surface area contributed by atoms with Crippen LogP contribution < -0.4 is 5.73 Å². The van der Waals surface area contributed by atoms with E-state index in [2.05, 4.69) is 24.2 Å². The van der Waals surface area contributed by atoms with Crippen LogP contribution in [0.4, 0.5) is 0 Å². The largest absolute Gasteiger partial charge is 0.319 e. The van der Waals surface area contributed by atoms with Gasteiger partial charge in [-0.3, -0.25) is 4.68 Å². The van der Waals surface area contributed by atoms with Crippen molar-refractivity contribution in [1.82, 2.24) is 9.78 Å². The molecule has 0 saturated carbocycles. The first-order valence-electron chi connectivity index (χ1n) is 5.65. The summed E-state index contributed by atoms with van der Waals surface area (Å²) in [5.41, 5.74) is 9.40. The molecule has 2 aromatic rings. The lowest BCUT2D eigenvalue weighted by Gasteiger charge is -2.13. The third-order valence-corrected chi connectivity index (χ3v) is 3.27. The van der Waals surface area contributed by atoms with Crippen LogP contribution in [0.1, 0.15) is 29.8 Å². The van der Waals surface area contributed by atoms with Crippen molar-refractivity contribution < 1.29 is 0 Å². The second kappa shape index (κ2) is 4.90. The standard InChI is InChI=1S/C13H16ClN3/c1-3-9-4-6-10(7-5-9)12(15)13-11(14)8-16-17(13)2/h4-8,12H,3,15H2,1-2H3. The molecule has 0 aliphatic rings. The van der Waals surface area contributed by atoms with E-state index >= 15 is 0 Å². The minimum atomic E-state index is -0.235. The normalized spacial score (nSPS) is 12.7. The molecule has 0 saturated heterocycles. The highest BCUT2D eigenvalue weighted by Crippen LogP contribution is 2.25. The third-order valence-electron chi connectivity index (χ3n) is 2.98. The molecule has 0 spiro atoms. The van der Waals surface area contributed by atoms with Crippen molar-refractivity contribution in [2.75, 3.05) is 0 Å². The van der Waals surface area contributed by atoms with Gasteiger partial charge in [-0.25, -0.2) is 0 Å². The average molecular weight is 250 g/mol. The molecule has 0 aliphatic carbocycles. The van der Waals surface area contributed by atoms with Crippen molar-refractivity contribution in [3.63, 3.8) is 0 Å². The quantitative estimate of drug-likeness (QED) is 0.909. The summed E-state index contributed by atoms with van der Waals surface area (Å²) in [7, 11) is 1.85. The molecule has 2 N–H and O–H groups in total. The van der Waals surface area contributed by atoms with E-state index in [1.807, 2.05) is 19.2 Å². The molecule has 0 fully saturated rings. The molecule has 0 amide bonds. The molecule has 4 heteroatoms.